The van der Waals surface area contributed by atoms with Crippen LogP contribution in [-0.2, 0) is 4.74 Å². The highest BCUT2D eigenvalue weighted by molar-refractivity contribution is 5.00. The number of ether oxygens (including phenoxy) is 1. The van der Waals surface area contributed by atoms with Crippen LogP contribution in [0.5, 0.6) is 0 Å². The highest BCUT2D eigenvalue weighted by atomic mass is 16.5. The Labute approximate surface area is 59.6 Å². The summed E-state index contributed by atoms with van der Waals surface area (Å²) in [6.07, 6.45) is 1.52. The summed E-state index contributed by atoms with van der Waals surface area (Å²) in [6.45, 7) is 0.318. The predicted molar refractivity (Wildman–Crippen MR) is 34.4 cm³/mol. The van der Waals surface area contributed by atoms with Gasteiger partial charge in [-0.1, -0.05) is 0 Å². The molecule has 2 aliphatic heterocycles. The first-order valence-corrected chi connectivity index (χ1v) is 3.74. The van der Waals surface area contributed by atoms with E-state index in [0.717, 1.165) is 6.42 Å². The molecule has 0 amide bonds. The molecule has 0 aromatic heterocycles. The lowest BCUT2D eigenvalue weighted by atomic mass is 9.98. The Morgan fingerprint density at radius 3 is 1.80 bits per heavy atom. The van der Waals surface area contributed by atoms with Crippen molar-refractivity contribution in [2.75, 3.05) is 13.2 Å². The maximum absolute atomic E-state index is 8.87. The highest BCUT2D eigenvalue weighted by Gasteiger charge is 2.52. The minimum atomic E-state index is 0.159. The third kappa shape index (κ3) is 0.654. The third-order valence-corrected chi connectivity index (χ3v) is 2.74. The summed E-state index contributed by atoms with van der Waals surface area (Å²) in [5, 5.41) is 17.7. The van der Waals surface area contributed by atoms with Gasteiger partial charge in [0.2, 0.25) is 0 Å². The minimum absolute atomic E-state index is 0.159. The SMILES string of the molecule is OCC1C2CC(O2)C1CO. The molecule has 0 radical (unpaired) electrons. The summed E-state index contributed by atoms with van der Waals surface area (Å²) in [5.74, 6) is 0.407. The number of hydrogen-bond donors (Lipinski definition) is 2. The largest absolute Gasteiger partial charge is 0.396 e. The summed E-state index contributed by atoms with van der Waals surface area (Å²) >= 11 is 0. The van der Waals surface area contributed by atoms with Crippen molar-refractivity contribution >= 4 is 0 Å². The van der Waals surface area contributed by atoms with Gasteiger partial charge in [-0.2, -0.15) is 0 Å². The van der Waals surface area contributed by atoms with Crippen LogP contribution < -0.4 is 0 Å². The average molecular weight is 144 g/mol. The molecule has 1 aliphatic carbocycles. The lowest BCUT2D eigenvalue weighted by Gasteiger charge is -2.25. The van der Waals surface area contributed by atoms with Gasteiger partial charge < -0.3 is 14.9 Å². The van der Waals surface area contributed by atoms with E-state index in [1.165, 1.54) is 0 Å². The predicted octanol–water partition coefficient (Wildman–Crippen LogP) is -0.626. The zero-order valence-electron chi connectivity index (χ0n) is 5.73. The van der Waals surface area contributed by atoms with Crippen molar-refractivity contribution in [2.45, 2.75) is 18.6 Å². The lowest BCUT2D eigenvalue weighted by Crippen LogP contribution is -2.30. The molecule has 2 saturated heterocycles. The topological polar surface area (TPSA) is 49.7 Å². The molecule has 1 saturated carbocycles. The van der Waals surface area contributed by atoms with Crippen LogP contribution in [0.15, 0.2) is 0 Å². The minimum Gasteiger partial charge on any atom is -0.396 e. The lowest BCUT2D eigenvalue weighted by molar-refractivity contribution is -0.0859. The first-order chi connectivity index (χ1) is 4.86. The fraction of sp³-hybridized carbons (Fsp3) is 1.00. The van der Waals surface area contributed by atoms with Crippen LogP contribution in [0.2, 0.25) is 0 Å². The van der Waals surface area contributed by atoms with Gasteiger partial charge in [0.15, 0.2) is 0 Å². The van der Waals surface area contributed by atoms with Crippen LogP contribution in [0.1, 0.15) is 6.42 Å². The van der Waals surface area contributed by atoms with Gasteiger partial charge in [0.25, 0.3) is 0 Å². The molecule has 3 fully saturated rings. The number of hydrogen-bond acceptors (Lipinski definition) is 3. The van der Waals surface area contributed by atoms with Gasteiger partial charge >= 0.3 is 0 Å². The molecule has 0 aromatic carbocycles. The van der Waals surface area contributed by atoms with Crippen molar-refractivity contribution in [1.29, 1.82) is 0 Å². The molecule has 3 aliphatic rings. The molecule has 58 valence electrons. The number of aliphatic hydroxyl groups is 2. The van der Waals surface area contributed by atoms with Crippen LogP contribution in [0.25, 0.3) is 0 Å². The monoisotopic (exact) mass is 144 g/mol. The third-order valence-electron chi connectivity index (χ3n) is 2.74. The highest BCUT2D eigenvalue weighted by Crippen LogP contribution is 2.45. The Balaban J connectivity index is 2.04. The maximum Gasteiger partial charge on any atom is 0.0658 e. The molecule has 4 unspecified atom stereocenters. The molecule has 3 nitrogen and oxygen atoms in total. The van der Waals surface area contributed by atoms with Gasteiger partial charge in [0.05, 0.1) is 12.2 Å². The van der Waals surface area contributed by atoms with Crippen molar-refractivity contribution in [3.05, 3.63) is 0 Å². The Morgan fingerprint density at radius 1 is 1.10 bits per heavy atom. The molecule has 4 atom stereocenters. The van der Waals surface area contributed by atoms with Crippen molar-refractivity contribution in [2.24, 2.45) is 11.8 Å². The van der Waals surface area contributed by atoms with Crippen LogP contribution in [0, 0.1) is 11.8 Å². The average Bonchev–Trinajstić information content (AvgIpc) is 2.35. The second kappa shape index (κ2) is 2.19. The Morgan fingerprint density at radius 2 is 1.50 bits per heavy atom. The van der Waals surface area contributed by atoms with E-state index in [0.29, 0.717) is 0 Å². The zero-order chi connectivity index (χ0) is 7.14. The van der Waals surface area contributed by atoms with Crippen molar-refractivity contribution < 1.29 is 14.9 Å². The Kier molecular flexibility index (Phi) is 1.44. The van der Waals surface area contributed by atoms with E-state index in [1.807, 2.05) is 0 Å². The number of fused-ring (bicyclic) bond motifs is 1. The van der Waals surface area contributed by atoms with Crippen LogP contribution in [0.4, 0.5) is 0 Å². The molecular formula is C7H12O3. The fourth-order valence-corrected chi connectivity index (χ4v) is 2.05. The van der Waals surface area contributed by atoms with E-state index in [1.54, 1.807) is 0 Å². The fourth-order valence-electron chi connectivity index (χ4n) is 2.05. The molecule has 3 rings (SSSR count). The number of rotatable bonds is 2. The van der Waals surface area contributed by atoms with Crippen molar-refractivity contribution in [3.8, 4) is 0 Å². The molecule has 2 heterocycles. The van der Waals surface area contributed by atoms with Gasteiger partial charge in [-0.25, -0.2) is 0 Å². The van der Waals surface area contributed by atoms with E-state index >= 15 is 0 Å². The molecule has 2 N–H and O–H groups in total. The van der Waals surface area contributed by atoms with Crippen LogP contribution in [-0.4, -0.2) is 35.6 Å². The van der Waals surface area contributed by atoms with E-state index < -0.39 is 0 Å². The summed E-state index contributed by atoms with van der Waals surface area (Å²) in [6, 6.07) is 0. The van der Waals surface area contributed by atoms with Gasteiger partial charge in [0.1, 0.15) is 0 Å². The summed E-state index contributed by atoms with van der Waals surface area (Å²) < 4.78 is 5.34. The van der Waals surface area contributed by atoms with Crippen LogP contribution >= 0.6 is 0 Å². The summed E-state index contributed by atoms with van der Waals surface area (Å²) in [5.41, 5.74) is 0. The summed E-state index contributed by atoms with van der Waals surface area (Å²) in [4.78, 5) is 0. The van der Waals surface area contributed by atoms with Gasteiger partial charge in [-0.15, -0.1) is 0 Å². The van der Waals surface area contributed by atoms with E-state index in [4.69, 9.17) is 14.9 Å². The van der Waals surface area contributed by atoms with E-state index in [9.17, 15) is 0 Å². The Bertz CT molecular complexity index is 117. The standard InChI is InChI=1S/C7H12O3/c8-2-4-5(3-9)7-1-6(4)10-7/h4-9H,1-3H2. The quantitative estimate of drug-likeness (QED) is 0.542. The normalized spacial score (nSPS) is 51.0. The van der Waals surface area contributed by atoms with Gasteiger partial charge in [-0.3, -0.25) is 0 Å². The first kappa shape index (κ1) is 6.58. The molecule has 10 heavy (non-hydrogen) atoms. The maximum atomic E-state index is 8.87. The molecule has 2 bridgehead atoms. The smallest absolute Gasteiger partial charge is 0.0658 e. The van der Waals surface area contributed by atoms with Gasteiger partial charge in [-0.05, 0) is 0 Å². The second-order valence-corrected chi connectivity index (χ2v) is 3.14. The van der Waals surface area contributed by atoms with E-state index in [-0.39, 0.29) is 37.3 Å². The molecule has 3 heteroatoms. The zero-order valence-corrected chi connectivity index (χ0v) is 5.73. The van der Waals surface area contributed by atoms with Crippen molar-refractivity contribution in [1.82, 2.24) is 0 Å². The first-order valence-electron chi connectivity index (χ1n) is 3.74. The molecular weight excluding hydrogens is 132 g/mol. The second-order valence-electron chi connectivity index (χ2n) is 3.14. The number of aliphatic hydroxyl groups excluding tert-OH is 2. The summed E-state index contributed by atoms with van der Waals surface area (Å²) in [7, 11) is 0. The Hall–Kier alpha value is -0.120. The molecule has 0 spiro atoms. The molecule has 0 aromatic rings. The van der Waals surface area contributed by atoms with Crippen LogP contribution in [0.3, 0.4) is 0 Å². The van der Waals surface area contributed by atoms with Gasteiger partial charge in [0, 0.05) is 31.5 Å². The van der Waals surface area contributed by atoms with Crippen molar-refractivity contribution in [3.63, 3.8) is 0 Å². The van der Waals surface area contributed by atoms with E-state index in [2.05, 4.69) is 0 Å².